The molecule has 0 aliphatic carbocycles. The molecule has 0 saturated carbocycles. The van der Waals surface area contributed by atoms with E-state index in [4.69, 9.17) is 9.31 Å². The van der Waals surface area contributed by atoms with Crippen molar-refractivity contribution >= 4 is 40.7 Å². The molecule has 0 spiro atoms. The molecule has 3 rings (SSSR count). The molecule has 0 bridgehead atoms. The van der Waals surface area contributed by atoms with Crippen molar-refractivity contribution in [3.05, 3.63) is 52.5 Å². The van der Waals surface area contributed by atoms with E-state index in [1.165, 1.54) is 0 Å². The summed E-state index contributed by atoms with van der Waals surface area (Å²) in [5.41, 5.74) is 0.948. The van der Waals surface area contributed by atoms with E-state index >= 15 is 0 Å². The lowest BCUT2D eigenvalue weighted by Crippen LogP contribution is -2.41. The SMILES string of the molecule is CC1(C)OB(c2cc(Br)cc(N=Cc3ccccc3)n2)OC1(C)C. The Kier molecular flexibility index (Phi) is 4.64. The Labute approximate surface area is 151 Å². The van der Waals surface area contributed by atoms with Crippen LogP contribution in [0.1, 0.15) is 33.3 Å². The number of benzene rings is 1. The average molecular weight is 387 g/mol. The normalized spacial score (nSPS) is 19.1. The Morgan fingerprint density at radius 1 is 1.04 bits per heavy atom. The first kappa shape index (κ1) is 17.3. The van der Waals surface area contributed by atoms with Crippen LogP contribution in [0.3, 0.4) is 0 Å². The maximum absolute atomic E-state index is 6.07. The highest BCUT2D eigenvalue weighted by Gasteiger charge is 2.52. The summed E-state index contributed by atoms with van der Waals surface area (Å²) in [5.74, 6) is 0.609. The fraction of sp³-hybridized carbons (Fsp3) is 0.333. The maximum Gasteiger partial charge on any atom is 0.514 e. The zero-order valence-corrected chi connectivity index (χ0v) is 15.9. The number of hydrogen-bond acceptors (Lipinski definition) is 4. The van der Waals surface area contributed by atoms with Gasteiger partial charge in [0.25, 0.3) is 0 Å². The highest BCUT2D eigenvalue weighted by Crippen LogP contribution is 2.36. The van der Waals surface area contributed by atoms with Gasteiger partial charge in [0.05, 0.1) is 16.8 Å². The molecule has 4 nitrogen and oxygen atoms in total. The smallest absolute Gasteiger partial charge is 0.398 e. The lowest BCUT2D eigenvalue weighted by molar-refractivity contribution is 0.00578. The highest BCUT2D eigenvalue weighted by molar-refractivity contribution is 9.10. The third-order valence-corrected chi connectivity index (χ3v) is 4.89. The van der Waals surface area contributed by atoms with Crippen LogP contribution in [-0.4, -0.2) is 29.5 Å². The molecule has 0 N–H and O–H groups in total. The molecule has 1 saturated heterocycles. The van der Waals surface area contributed by atoms with E-state index in [1.807, 2.05) is 70.2 Å². The molecule has 1 fully saturated rings. The molecular weight excluding hydrogens is 367 g/mol. The predicted molar refractivity (Wildman–Crippen MR) is 101 cm³/mol. The van der Waals surface area contributed by atoms with Gasteiger partial charge in [0.1, 0.15) is 0 Å². The number of pyridine rings is 1. The lowest BCUT2D eigenvalue weighted by atomic mass is 9.84. The summed E-state index contributed by atoms with van der Waals surface area (Å²) >= 11 is 3.52. The molecule has 0 unspecified atom stereocenters. The van der Waals surface area contributed by atoms with Crippen LogP contribution in [0.2, 0.25) is 0 Å². The molecule has 1 aromatic heterocycles. The molecule has 1 aromatic carbocycles. The summed E-state index contributed by atoms with van der Waals surface area (Å²) in [6, 6.07) is 13.7. The van der Waals surface area contributed by atoms with Crippen molar-refractivity contribution in [3.8, 4) is 0 Å². The Morgan fingerprint density at radius 3 is 2.29 bits per heavy atom. The number of nitrogens with zero attached hydrogens (tertiary/aromatic N) is 2. The van der Waals surface area contributed by atoms with Gasteiger partial charge in [-0.15, -0.1) is 0 Å². The Morgan fingerprint density at radius 2 is 1.67 bits per heavy atom. The molecule has 0 amide bonds. The van der Waals surface area contributed by atoms with Crippen LogP contribution in [0, 0.1) is 0 Å². The molecule has 1 aliphatic heterocycles. The molecule has 6 heteroatoms. The summed E-state index contributed by atoms with van der Waals surface area (Å²) in [6.07, 6.45) is 1.79. The molecular formula is C18H20BBrN2O2. The molecule has 124 valence electrons. The van der Waals surface area contributed by atoms with Crippen molar-refractivity contribution in [1.82, 2.24) is 4.98 Å². The Bertz CT molecular complexity index is 747. The molecule has 1 aliphatic rings. The van der Waals surface area contributed by atoms with Crippen LogP contribution in [0.5, 0.6) is 0 Å². The van der Waals surface area contributed by atoms with Gasteiger partial charge < -0.3 is 9.31 Å². The highest BCUT2D eigenvalue weighted by atomic mass is 79.9. The van der Waals surface area contributed by atoms with Crippen LogP contribution < -0.4 is 5.59 Å². The third-order valence-electron chi connectivity index (χ3n) is 4.44. The van der Waals surface area contributed by atoms with E-state index in [0.29, 0.717) is 11.4 Å². The number of halogens is 1. The second kappa shape index (κ2) is 6.43. The van der Waals surface area contributed by atoms with Crippen LogP contribution in [0.15, 0.2) is 51.9 Å². The van der Waals surface area contributed by atoms with Crippen LogP contribution >= 0.6 is 15.9 Å². The summed E-state index contributed by atoms with van der Waals surface area (Å²) < 4.78 is 13.0. The van der Waals surface area contributed by atoms with Crippen molar-refractivity contribution in [2.75, 3.05) is 0 Å². The topological polar surface area (TPSA) is 43.7 Å². The van der Waals surface area contributed by atoms with E-state index in [0.717, 1.165) is 10.0 Å². The fourth-order valence-corrected chi connectivity index (χ4v) is 2.77. The Hall–Kier alpha value is -1.50. The molecule has 24 heavy (non-hydrogen) atoms. The van der Waals surface area contributed by atoms with Gasteiger partial charge >= 0.3 is 7.12 Å². The van der Waals surface area contributed by atoms with Gasteiger partial charge in [-0.2, -0.15) is 0 Å². The van der Waals surface area contributed by atoms with E-state index in [-0.39, 0.29) is 0 Å². The zero-order chi connectivity index (χ0) is 17.4. The van der Waals surface area contributed by atoms with Gasteiger partial charge in [0.15, 0.2) is 5.82 Å². The largest absolute Gasteiger partial charge is 0.514 e. The van der Waals surface area contributed by atoms with Gasteiger partial charge in [-0.3, -0.25) is 0 Å². The maximum atomic E-state index is 6.07. The number of aliphatic imine (C=N–C) groups is 1. The van der Waals surface area contributed by atoms with Gasteiger partial charge in [0, 0.05) is 10.7 Å². The molecule has 0 atom stereocenters. The monoisotopic (exact) mass is 386 g/mol. The second-order valence-corrected chi connectivity index (χ2v) is 7.74. The number of rotatable bonds is 3. The summed E-state index contributed by atoms with van der Waals surface area (Å²) in [4.78, 5) is 9.05. The summed E-state index contributed by atoms with van der Waals surface area (Å²) in [7, 11) is -0.502. The first-order chi connectivity index (χ1) is 11.3. The van der Waals surface area contributed by atoms with Gasteiger partial charge in [-0.05, 0) is 45.4 Å². The minimum Gasteiger partial charge on any atom is -0.398 e. The second-order valence-electron chi connectivity index (χ2n) is 6.83. The standard InChI is InChI=1S/C18H20BBrN2O2/c1-17(2)18(3,4)24-19(23-17)15-10-14(20)11-16(22-15)21-12-13-8-6-5-7-9-13/h5-12H,1-4H3. The first-order valence-corrected chi connectivity index (χ1v) is 8.68. The van der Waals surface area contributed by atoms with Crippen molar-refractivity contribution < 1.29 is 9.31 Å². The molecule has 0 radical (unpaired) electrons. The van der Waals surface area contributed by atoms with Crippen LogP contribution in [0.4, 0.5) is 5.82 Å². The molecule has 2 aromatic rings. The van der Waals surface area contributed by atoms with Gasteiger partial charge in [0.2, 0.25) is 0 Å². The third kappa shape index (κ3) is 3.61. The molecule has 2 heterocycles. The minimum absolute atomic E-state index is 0.394. The van der Waals surface area contributed by atoms with Crippen LogP contribution in [-0.2, 0) is 9.31 Å². The lowest BCUT2D eigenvalue weighted by Gasteiger charge is -2.32. The zero-order valence-electron chi connectivity index (χ0n) is 14.3. The minimum atomic E-state index is -0.502. The van der Waals surface area contributed by atoms with E-state index < -0.39 is 18.3 Å². The quantitative estimate of drug-likeness (QED) is 0.593. The fourth-order valence-electron chi connectivity index (χ4n) is 2.33. The summed E-state index contributed by atoms with van der Waals surface area (Å²) in [5, 5.41) is 0. The predicted octanol–water partition coefficient (Wildman–Crippen LogP) is 3.89. The average Bonchev–Trinajstić information content (AvgIpc) is 2.74. The van der Waals surface area contributed by atoms with Crippen molar-refractivity contribution in [1.29, 1.82) is 0 Å². The number of aromatic nitrogens is 1. The van der Waals surface area contributed by atoms with E-state index in [1.54, 1.807) is 6.21 Å². The van der Waals surface area contributed by atoms with Crippen molar-refractivity contribution in [2.45, 2.75) is 38.9 Å². The Balaban J connectivity index is 1.86. The van der Waals surface area contributed by atoms with Crippen molar-refractivity contribution in [3.63, 3.8) is 0 Å². The van der Waals surface area contributed by atoms with E-state index in [9.17, 15) is 0 Å². The van der Waals surface area contributed by atoms with Crippen molar-refractivity contribution in [2.24, 2.45) is 4.99 Å². The number of hydrogen-bond donors (Lipinski definition) is 0. The van der Waals surface area contributed by atoms with Crippen LogP contribution in [0.25, 0.3) is 0 Å². The van der Waals surface area contributed by atoms with Gasteiger partial charge in [-0.25, -0.2) is 9.98 Å². The summed E-state index contributed by atoms with van der Waals surface area (Å²) in [6.45, 7) is 8.11. The van der Waals surface area contributed by atoms with Gasteiger partial charge in [-0.1, -0.05) is 46.3 Å². The first-order valence-electron chi connectivity index (χ1n) is 7.89. The van der Waals surface area contributed by atoms with E-state index in [2.05, 4.69) is 25.9 Å².